The zero-order chi connectivity index (χ0) is 13.8. The lowest BCUT2D eigenvalue weighted by molar-refractivity contribution is 0.259. The maximum atomic E-state index is 13.8. The third kappa shape index (κ3) is 3.64. The summed E-state index contributed by atoms with van der Waals surface area (Å²) in [5.74, 6) is -0.769. The SMILES string of the molecule is NC1CC(CCCO)CN(c2ccc(F)cc2F)C1. The van der Waals surface area contributed by atoms with Gasteiger partial charge in [-0.15, -0.1) is 0 Å². The van der Waals surface area contributed by atoms with Gasteiger partial charge in [-0.3, -0.25) is 0 Å². The molecule has 2 atom stereocenters. The third-order valence-corrected chi connectivity index (χ3v) is 3.59. The molecule has 0 aliphatic carbocycles. The Morgan fingerprint density at radius 2 is 2.11 bits per heavy atom. The van der Waals surface area contributed by atoms with Crippen molar-refractivity contribution in [1.82, 2.24) is 0 Å². The minimum absolute atomic E-state index is 0.0121. The molecule has 1 fully saturated rings. The number of halogens is 2. The van der Waals surface area contributed by atoms with E-state index in [2.05, 4.69) is 0 Å². The summed E-state index contributed by atoms with van der Waals surface area (Å²) in [5, 5.41) is 8.87. The molecule has 5 heteroatoms. The van der Waals surface area contributed by atoms with Crippen molar-refractivity contribution in [2.75, 3.05) is 24.6 Å². The zero-order valence-corrected chi connectivity index (χ0v) is 10.9. The minimum atomic E-state index is -0.570. The molecule has 106 valence electrons. The van der Waals surface area contributed by atoms with Gasteiger partial charge in [0, 0.05) is 31.8 Å². The van der Waals surface area contributed by atoms with Crippen molar-refractivity contribution in [3.05, 3.63) is 29.8 Å². The maximum Gasteiger partial charge on any atom is 0.149 e. The van der Waals surface area contributed by atoms with Crippen LogP contribution in [0.5, 0.6) is 0 Å². The Balaban J connectivity index is 2.10. The Morgan fingerprint density at radius 1 is 1.32 bits per heavy atom. The molecule has 3 N–H and O–H groups in total. The predicted octanol–water partition coefficient (Wildman–Crippen LogP) is 1.89. The van der Waals surface area contributed by atoms with Crippen LogP contribution in [-0.4, -0.2) is 30.8 Å². The van der Waals surface area contributed by atoms with E-state index in [4.69, 9.17) is 10.8 Å². The second-order valence-corrected chi connectivity index (χ2v) is 5.23. The quantitative estimate of drug-likeness (QED) is 0.878. The molecule has 1 aromatic carbocycles. The Labute approximate surface area is 112 Å². The molecule has 0 radical (unpaired) electrons. The van der Waals surface area contributed by atoms with E-state index in [-0.39, 0.29) is 12.6 Å². The second kappa shape index (κ2) is 6.30. The molecule has 0 saturated carbocycles. The van der Waals surface area contributed by atoms with E-state index in [0.29, 0.717) is 24.7 Å². The summed E-state index contributed by atoms with van der Waals surface area (Å²) in [6, 6.07) is 3.62. The molecule has 1 aliphatic rings. The topological polar surface area (TPSA) is 49.5 Å². The van der Waals surface area contributed by atoms with Gasteiger partial charge < -0.3 is 15.7 Å². The first-order valence-electron chi connectivity index (χ1n) is 6.66. The predicted molar refractivity (Wildman–Crippen MR) is 71.0 cm³/mol. The van der Waals surface area contributed by atoms with E-state index in [1.54, 1.807) is 0 Å². The van der Waals surface area contributed by atoms with Crippen LogP contribution < -0.4 is 10.6 Å². The highest BCUT2D eigenvalue weighted by atomic mass is 19.1. The van der Waals surface area contributed by atoms with Crippen LogP contribution in [0.1, 0.15) is 19.3 Å². The normalized spacial score (nSPS) is 23.7. The maximum absolute atomic E-state index is 13.8. The fourth-order valence-corrected chi connectivity index (χ4v) is 2.77. The summed E-state index contributed by atoms with van der Waals surface area (Å²) in [6.45, 7) is 1.45. The Bertz CT molecular complexity index is 428. The molecule has 19 heavy (non-hydrogen) atoms. The first-order valence-corrected chi connectivity index (χ1v) is 6.66. The van der Waals surface area contributed by atoms with Crippen LogP contribution >= 0.6 is 0 Å². The molecule has 1 aromatic rings. The van der Waals surface area contributed by atoms with Gasteiger partial charge >= 0.3 is 0 Å². The van der Waals surface area contributed by atoms with Crippen LogP contribution in [0.25, 0.3) is 0 Å². The number of aliphatic hydroxyl groups excluding tert-OH is 1. The molecule has 0 amide bonds. The lowest BCUT2D eigenvalue weighted by Crippen LogP contribution is -2.47. The van der Waals surface area contributed by atoms with Gasteiger partial charge in [0.25, 0.3) is 0 Å². The molecule has 0 spiro atoms. The first-order chi connectivity index (χ1) is 9.10. The van der Waals surface area contributed by atoms with Gasteiger partial charge in [0.15, 0.2) is 0 Å². The van der Waals surface area contributed by atoms with E-state index in [1.165, 1.54) is 12.1 Å². The van der Waals surface area contributed by atoms with Gasteiger partial charge in [-0.2, -0.15) is 0 Å². The second-order valence-electron chi connectivity index (χ2n) is 5.23. The number of aliphatic hydroxyl groups is 1. The summed E-state index contributed by atoms with van der Waals surface area (Å²) in [5.41, 5.74) is 6.41. The fourth-order valence-electron chi connectivity index (χ4n) is 2.77. The molecule has 0 bridgehead atoms. The van der Waals surface area contributed by atoms with Crippen molar-refractivity contribution < 1.29 is 13.9 Å². The van der Waals surface area contributed by atoms with Crippen molar-refractivity contribution in [1.29, 1.82) is 0 Å². The molecule has 2 rings (SSSR count). The first kappa shape index (κ1) is 14.2. The van der Waals surface area contributed by atoms with E-state index in [0.717, 1.165) is 25.3 Å². The number of nitrogens with two attached hydrogens (primary N) is 1. The summed E-state index contributed by atoms with van der Waals surface area (Å²) in [4.78, 5) is 1.88. The average Bonchev–Trinajstić information content (AvgIpc) is 2.35. The summed E-state index contributed by atoms with van der Waals surface area (Å²) in [7, 11) is 0. The molecule has 3 nitrogen and oxygen atoms in total. The number of nitrogens with zero attached hydrogens (tertiary/aromatic N) is 1. The standard InChI is InChI=1S/C14H20F2N2O/c15-11-3-4-14(13(16)7-11)18-8-10(2-1-5-19)6-12(17)9-18/h3-4,7,10,12,19H,1-2,5-6,8-9,17H2. The number of hydrogen-bond donors (Lipinski definition) is 2. The number of anilines is 1. The molecular weight excluding hydrogens is 250 g/mol. The minimum Gasteiger partial charge on any atom is -0.396 e. The van der Waals surface area contributed by atoms with Crippen LogP contribution in [0.15, 0.2) is 18.2 Å². The van der Waals surface area contributed by atoms with Crippen molar-refractivity contribution in [3.63, 3.8) is 0 Å². The molecule has 1 heterocycles. The van der Waals surface area contributed by atoms with E-state index < -0.39 is 11.6 Å². The van der Waals surface area contributed by atoms with Crippen LogP contribution in [0.2, 0.25) is 0 Å². The van der Waals surface area contributed by atoms with Gasteiger partial charge in [-0.25, -0.2) is 8.78 Å². The van der Waals surface area contributed by atoms with Crippen molar-refractivity contribution in [2.45, 2.75) is 25.3 Å². The molecule has 1 aliphatic heterocycles. The van der Waals surface area contributed by atoms with Crippen LogP contribution in [0, 0.1) is 17.6 Å². The molecular formula is C14H20F2N2O. The van der Waals surface area contributed by atoms with Gasteiger partial charge in [-0.1, -0.05) is 0 Å². The number of rotatable bonds is 4. The van der Waals surface area contributed by atoms with Crippen LogP contribution in [-0.2, 0) is 0 Å². The lowest BCUT2D eigenvalue weighted by atomic mass is 9.90. The molecule has 0 aromatic heterocycles. The van der Waals surface area contributed by atoms with Crippen LogP contribution in [0.4, 0.5) is 14.5 Å². The Hall–Kier alpha value is -1.20. The number of piperidine rings is 1. The summed E-state index contributed by atoms with van der Waals surface area (Å²) >= 11 is 0. The Kier molecular flexibility index (Phi) is 4.71. The number of benzene rings is 1. The van der Waals surface area contributed by atoms with Crippen molar-refractivity contribution in [2.24, 2.45) is 11.7 Å². The van der Waals surface area contributed by atoms with E-state index in [1.807, 2.05) is 4.90 Å². The molecule has 1 saturated heterocycles. The largest absolute Gasteiger partial charge is 0.396 e. The monoisotopic (exact) mass is 270 g/mol. The van der Waals surface area contributed by atoms with E-state index in [9.17, 15) is 8.78 Å². The highest BCUT2D eigenvalue weighted by Crippen LogP contribution is 2.27. The van der Waals surface area contributed by atoms with Gasteiger partial charge in [-0.05, 0) is 37.3 Å². The fraction of sp³-hybridized carbons (Fsp3) is 0.571. The Morgan fingerprint density at radius 3 is 2.79 bits per heavy atom. The number of hydrogen-bond acceptors (Lipinski definition) is 3. The summed E-state index contributed by atoms with van der Waals surface area (Å²) < 4.78 is 26.7. The third-order valence-electron chi connectivity index (χ3n) is 3.59. The van der Waals surface area contributed by atoms with Crippen molar-refractivity contribution >= 4 is 5.69 Å². The lowest BCUT2D eigenvalue weighted by Gasteiger charge is -2.38. The van der Waals surface area contributed by atoms with Gasteiger partial charge in [0.05, 0.1) is 5.69 Å². The smallest absolute Gasteiger partial charge is 0.149 e. The van der Waals surface area contributed by atoms with Gasteiger partial charge in [0.2, 0.25) is 0 Å². The highest BCUT2D eigenvalue weighted by molar-refractivity contribution is 5.48. The van der Waals surface area contributed by atoms with Gasteiger partial charge in [0.1, 0.15) is 11.6 Å². The molecule has 2 unspecified atom stereocenters. The summed E-state index contributed by atoms with van der Waals surface area (Å²) in [6.07, 6.45) is 2.50. The van der Waals surface area contributed by atoms with Crippen LogP contribution in [0.3, 0.4) is 0 Å². The van der Waals surface area contributed by atoms with Crippen molar-refractivity contribution in [3.8, 4) is 0 Å². The average molecular weight is 270 g/mol. The van der Waals surface area contributed by atoms with E-state index >= 15 is 0 Å². The highest BCUT2D eigenvalue weighted by Gasteiger charge is 2.26. The zero-order valence-electron chi connectivity index (χ0n) is 10.9.